The van der Waals surface area contributed by atoms with E-state index in [9.17, 15) is 4.79 Å². The van der Waals surface area contributed by atoms with Crippen LogP contribution < -0.4 is 14.8 Å². The SMILES string of the molecule is O=C(Nc1ccc2c(c1)OC1(CCCCC1)O2)C1CCCC1. The van der Waals surface area contributed by atoms with Crippen molar-refractivity contribution < 1.29 is 14.3 Å². The van der Waals surface area contributed by atoms with Crippen molar-refractivity contribution >= 4 is 11.6 Å². The molecule has 1 aromatic rings. The van der Waals surface area contributed by atoms with E-state index in [0.29, 0.717) is 0 Å². The normalized spacial score (nSPS) is 22.9. The summed E-state index contributed by atoms with van der Waals surface area (Å²) in [6.07, 6.45) is 9.82. The highest BCUT2D eigenvalue weighted by molar-refractivity contribution is 5.93. The maximum absolute atomic E-state index is 12.2. The number of amides is 1. The van der Waals surface area contributed by atoms with Crippen molar-refractivity contribution in [3.63, 3.8) is 0 Å². The molecule has 0 unspecified atom stereocenters. The number of rotatable bonds is 2. The molecule has 0 aromatic heterocycles. The summed E-state index contributed by atoms with van der Waals surface area (Å²) in [7, 11) is 0. The third-order valence-electron chi connectivity index (χ3n) is 5.14. The van der Waals surface area contributed by atoms with E-state index < -0.39 is 5.79 Å². The predicted molar refractivity (Wildman–Crippen MR) is 84.1 cm³/mol. The van der Waals surface area contributed by atoms with Gasteiger partial charge in [-0.25, -0.2) is 0 Å². The van der Waals surface area contributed by atoms with Crippen LogP contribution in [0.1, 0.15) is 57.8 Å². The van der Waals surface area contributed by atoms with Gasteiger partial charge in [0.1, 0.15) is 0 Å². The first-order valence-electron chi connectivity index (χ1n) is 8.57. The quantitative estimate of drug-likeness (QED) is 0.888. The highest BCUT2D eigenvalue weighted by Gasteiger charge is 2.42. The lowest BCUT2D eigenvalue weighted by atomic mass is 9.94. The number of carbonyl (C=O) groups excluding carboxylic acids is 1. The Labute approximate surface area is 131 Å². The van der Waals surface area contributed by atoms with Crippen LogP contribution in [0.4, 0.5) is 5.69 Å². The van der Waals surface area contributed by atoms with Gasteiger partial charge in [0.25, 0.3) is 5.79 Å². The number of nitrogens with one attached hydrogen (secondary N) is 1. The molecule has 0 saturated heterocycles. The van der Waals surface area contributed by atoms with E-state index in [1.165, 1.54) is 19.3 Å². The molecular formula is C18H23NO3. The van der Waals surface area contributed by atoms with Crippen LogP contribution in [0, 0.1) is 5.92 Å². The number of ether oxygens (including phenoxy) is 2. The Morgan fingerprint density at radius 3 is 2.50 bits per heavy atom. The summed E-state index contributed by atoms with van der Waals surface area (Å²) < 4.78 is 12.2. The van der Waals surface area contributed by atoms with E-state index in [2.05, 4.69) is 5.32 Å². The fourth-order valence-electron chi connectivity index (χ4n) is 3.90. The maximum atomic E-state index is 12.2. The lowest BCUT2D eigenvalue weighted by Crippen LogP contribution is -2.40. The fraction of sp³-hybridized carbons (Fsp3) is 0.611. The number of hydrogen-bond donors (Lipinski definition) is 1. The second-order valence-electron chi connectivity index (χ2n) is 6.81. The number of hydrogen-bond acceptors (Lipinski definition) is 3. The van der Waals surface area contributed by atoms with Gasteiger partial charge in [-0.3, -0.25) is 4.79 Å². The molecule has 2 aliphatic carbocycles. The van der Waals surface area contributed by atoms with Crippen LogP contribution in [0.25, 0.3) is 0 Å². The molecule has 4 heteroatoms. The van der Waals surface area contributed by atoms with Crippen molar-refractivity contribution in [2.45, 2.75) is 63.6 Å². The first-order chi connectivity index (χ1) is 10.7. The van der Waals surface area contributed by atoms with E-state index in [-0.39, 0.29) is 11.8 Å². The molecule has 0 radical (unpaired) electrons. The van der Waals surface area contributed by atoms with E-state index in [4.69, 9.17) is 9.47 Å². The molecule has 2 fully saturated rings. The molecular weight excluding hydrogens is 278 g/mol. The Morgan fingerprint density at radius 2 is 1.73 bits per heavy atom. The van der Waals surface area contributed by atoms with Crippen molar-refractivity contribution in [2.75, 3.05) is 5.32 Å². The third kappa shape index (κ3) is 2.55. The van der Waals surface area contributed by atoms with Crippen LogP contribution in [0.15, 0.2) is 18.2 Å². The third-order valence-corrected chi connectivity index (χ3v) is 5.14. The molecule has 22 heavy (non-hydrogen) atoms. The summed E-state index contributed by atoms with van der Waals surface area (Å²) in [5.74, 6) is 1.44. The van der Waals surface area contributed by atoms with Gasteiger partial charge in [0.2, 0.25) is 5.91 Å². The summed E-state index contributed by atoms with van der Waals surface area (Å²) in [6, 6.07) is 5.74. The van der Waals surface area contributed by atoms with E-state index in [0.717, 1.165) is 55.7 Å². The molecule has 3 aliphatic rings. The average molecular weight is 301 g/mol. The first-order valence-corrected chi connectivity index (χ1v) is 8.57. The van der Waals surface area contributed by atoms with Crippen LogP contribution in [0.3, 0.4) is 0 Å². The molecule has 2 saturated carbocycles. The maximum Gasteiger partial charge on any atom is 0.251 e. The molecule has 1 spiro atoms. The summed E-state index contributed by atoms with van der Waals surface area (Å²) in [5, 5.41) is 3.03. The van der Waals surface area contributed by atoms with Gasteiger partial charge >= 0.3 is 0 Å². The van der Waals surface area contributed by atoms with Gasteiger partial charge in [0, 0.05) is 30.5 Å². The van der Waals surface area contributed by atoms with E-state index in [1.54, 1.807) is 0 Å². The zero-order valence-electron chi connectivity index (χ0n) is 12.9. The molecule has 4 nitrogen and oxygen atoms in total. The molecule has 118 valence electrons. The van der Waals surface area contributed by atoms with Crippen molar-refractivity contribution in [1.29, 1.82) is 0 Å². The van der Waals surface area contributed by atoms with Crippen molar-refractivity contribution in [1.82, 2.24) is 0 Å². The van der Waals surface area contributed by atoms with Crippen molar-refractivity contribution in [3.05, 3.63) is 18.2 Å². The Balaban J connectivity index is 1.47. The second-order valence-corrected chi connectivity index (χ2v) is 6.81. The molecule has 1 heterocycles. The van der Waals surface area contributed by atoms with Crippen LogP contribution >= 0.6 is 0 Å². The average Bonchev–Trinajstić information content (AvgIpc) is 3.15. The zero-order valence-corrected chi connectivity index (χ0v) is 12.9. The first kappa shape index (κ1) is 13.9. The predicted octanol–water partition coefficient (Wildman–Crippen LogP) is 4.25. The minimum absolute atomic E-state index is 0.142. The fourth-order valence-corrected chi connectivity index (χ4v) is 3.90. The molecule has 1 aromatic carbocycles. The van der Waals surface area contributed by atoms with Gasteiger partial charge in [0.05, 0.1) is 0 Å². The van der Waals surface area contributed by atoms with Gasteiger partial charge in [-0.15, -0.1) is 0 Å². The van der Waals surface area contributed by atoms with Crippen LogP contribution in [0.5, 0.6) is 11.5 Å². The minimum atomic E-state index is -0.450. The van der Waals surface area contributed by atoms with Gasteiger partial charge < -0.3 is 14.8 Å². The molecule has 1 aliphatic heterocycles. The summed E-state index contributed by atoms with van der Waals surface area (Å²) in [6.45, 7) is 0. The Morgan fingerprint density at radius 1 is 1.00 bits per heavy atom. The molecule has 1 amide bonds. The van der Waals surface area contributed by atoms with Gasteiger partial charge in [-0.05, 0) is 37.8 Å². The molecule has 4 rings (SSSR count). The van der Waals surface area contributed by atoms with Crippen molar-refractivity contribution in [3.8, 4) is 11.5 Å². The topological polar surface area (TPSA) is 47.6 Å². The van der Waals surface area contributed by atoms with Crippen LogP contribution in [-0.4, -0.2) is 11.7 Å². The molecule has 0 bridgehead atoms. The summed E-state index contributed by atoms with van der Waals surface area (Å²) >= 11 is 0. The zero-order chi connectivity index (χ0) is 15.0. The second kappa shape index (κ2) is 5.49. The summed E-state index contributed by atoms with van der Waals surface area (Å²) in [4.78, 5) is 12.2. The van der Waals surface area contributed by atoms with Gasteiger partial charge in [-0.1, -0.05) is 19.3 Å². The summed E-state index contributed by atoms with van der Waals surface area (Å²) in [5.41, 5.74) is 0.812. The van der Waals surface area contributed by atoms with Crippen LogP contribution in [-0.2, 0) is 4.79 Å². The molecule has 1 N–H and O–H groups in total. The van der Waals surface area contributed by atoms with E-state index >= 15 is 0 Å². The molecule has 0 atom stereocenters. The number of carbonyl (C=O) groups is 1. The Hall–Kier alpha value is -1.71. The van der Waals surface area contributed by atoms with Crippen molar-refractivity contribution in [2.24, 2.45) is 5.92 Å². The number of benzene rings is 1. The lowest BCUT2D eigenvalue weighted by Gasteiger charge is -2.31. The largest absolute Gasteiger partial charge is 0.448 e. The standard InChI is InChI=1S/C18H23NO3/c20-17(13-6-2-3-7-13)19-14-8-9-15-16(12-14)22-18(21-15)10-4-1-5-11-18/h8-9,12-13H,1-7,10-11H2,(H,19,20). The van der Waals surface area contributed by atoms with Gasteiger partial charge in [0.15, 0.2) is 11.5 Å². The highest BCUT2D eigenvalue weighted by Crippen LogP contribution is 2.46. The minimum Gasteiger partial charge on any atom is -0.448 e. The van der Waals surface area contributed by atoms with E-state index in [1.807, 2.05) is 18.2 Å². The Bertz CT molecular complexity index is 572. The highest BCUT2D eigenvalue weighted by atomic mass is 16.7. The Kier molecular flexibility index (Phi) is 3.47. The van der Waals surface area contributed by atoms with Crippen LogP contribution in [0.2, 0.25) is 0 Å². The smallest absolute Gasteiger partial charge is 0.251 e. The van der Waals surface area contributed by atoms with Gasteiger partial charge in [-0.2, -0.15) is 0 Å². The monoisotopic (exact) mass is 301 g/mol. The number of fused-ring (bicyclic) bond motifs is 1. The lowest BCUT2D eigenvalue weighted by molar-refractivity contribution is -0.119. The number of anilines is 1.